The molecule has 0 aliphatic heterocycles. The SMILES string of the molecule is COc1ccccc1/C=C/C(=O)c1c(OCC[NH+](C)C)c(OC)c2occc2c1OC.O=C([O-])/C=C\C(=O)O. The Hall–Kier alpha value is -4.77. The van der Waals surface area contributed by atoms with Gasteiger partial charge in [0.15, 0.2) is 17.1 Å². The van der Waals surface area contributed by atoms with Crippen LogP contribution in [0.2, 0.25) is 0 Å². The van der Waals surface area contributed by atoms with Gasteiger partial charge in [-0.25, -0.2) is 4.79 Å². The predicted molar refractivity (Wildman–Crippen MR) is 141 cm³/mol. The van der Waals surface area contributed by atoms with Crippen LogP contribution >= 0.6 is 0 Å². The monoisotopic (exact) mass is 541 g/mol. The molecule has 3 rings (SSSR count). The number of quaternary nitrogens is 1. The molecule has 0 radical (unpaired) electrons. The Morgan fingerprint density at radius 2 is 1.64 bits per heavy atom. The van der Waals surface area contributed by atoms with Gasteiger partial charge >= 0.3 is 5.97 Å². The van der Waals surface area contributed by atoms with Gasteiger partial charge in [0.1, 0.15) is 30.2 Å². The van der Waals surface area contributed by atoms with Gasteiger partial charge in [-0.3, -0.25) is 4.79 Å². The third-order valence-electron chi connectivity index (χ3n) is 5.19. The maximum absolute atomic E-state index is 13.4. The van der Waals surface area contributed by atoms with Crippen molar-refractivity contribution in [3.05, 3.63) is 65.9 Å². The summed E-state index contributed by atoms with van der Waals surface area (Å²) >= 11 is 0. The standard InChI is InChI=1S/C24H27NO6.C4H4O4/c1-25(2)13-15-31-23-20(18(26)11-10-16-8-6-7-9-19(16)27-3)21(28-4)17-12-14-30-22(17)24(23)29-5;5-3(6)1-2-4(7)8/h6-12,14H,13,15H2,1-5H3;1-2H,(H,5,6)(H,7,8)/b11-10+;2-1-. The molecule has 0 saturated heterocycles. The molecule has 39 heavy (non-hydrogen) atoms. The molecule has 0 aliphatic carbocycles. The summed E-state index contributed by atoms with van der Waals surface area (Å²) in [7, 11) is 8.68. The molecular weight excluding hydrogens is 510 g/mol. The van der Waals surface area contributed by atoms with E-state index in [4.69, 9.17) is 28.5 Å². The highest BCUT2D eigenvalue weighted by Crippen LogP contribution is 2.46. The summed E-state index contributed by atoms with van der Waals surface area (Å²) in [4.78, 5) is 33.6. The smallest absolute Gasteiger partial charge is 0.328 e. The highest BCUT2D eigenvalue weighted by atomic mass is 16.5. The highest BCUT2D eigenvalue weighted by Gasteiger charge is 2.28. The van der Waals surface area contributed by atoms with E-state index in [0.29, 0.717) is 52.7 Å². The number of benzene rings is 2. The first kappa shape index (κ1) is 30.5. The number of para-hydroxylation sites is 1. The molecule has 1 aromatic heterocycles. The van der Waals surface area contributed by atoms with E-state index in [1.165, 1.54) is 31.5 Å². The lowest BCUT2D eigenvalue weighted by atomic mass is 10.0. The fraction of sp³-hybridized carbons (Fsp3) is 0.250. The Morgan fingerprint density at radius 3 is 2.21 bits per heavy atom. The largest absolute Gasteiger partial charge is 0.545 e. The molecular formula is C28H31NO10. The molecule has 11 heteroatoms. The lowest BCUT2D eigenvalue weighted by Gasteiger charge is -2.18. The van der Waals surface area contributed by atoms with Gasteiger partial charge in [-0.05, 0) is 30.4 Å². The number of aliphatic carboxylic acids is 2. The van der Waals surface area contributed by atoms with Gasteiger partial charge < -0.3 is 43.3 Å². The van der Waals surface area contributed by atoms with Gasteiger partial charge in [-0.2, -0.15) is 0 Å². The van der Waals surface area contributed by atoms with Crippen LogP contribution in [0.5, 0.6) is 23.0 Å². The van der Waals surface area contributed by atoms with Crippen molar-refractivity contribution in [3.63, 3.8) is 0 Å². The third-order valence-corrected chi connectivity index (χ3v) is 5.19. The van der Waals surface area contributed by atoms with Crippen LogP contribution in [0.15, 0.2) is 59.2 Å². The number of carbonyl (C=O) groups is 3. The average molecular weight is 542 g/mol. The van der Waals surface area contributed by atoms with E-state index in [2.05, 4.69) is 0 Å². The predicted octanol–water partition coefficient (Wildman–Crippen LogP) is 1.26. The first-order valence-electron chi connectivity index (χ1n) is 11.7. The van der Waals surface area contributed by atoms with Crippen molar-refractivity contribution in [3.8, 4) is 23.0 Å². The molecule has 2 aromatic carbocycles. The second-order valence-electron chi connectivity index (χ2n) is 8.17. The molecule has 0 amide bonds. The Labute approximate surface area is 225 Å². The van der Waals surface area contributed by atoms with E-state index < -0.39 is 11.9 Å². The first-order valence-corrected chi connectivity index (χ1v) is 11.7. The van der Waals surface area contributed by atoms with Crippen molar-refractivity contribution >= 4 is 34.8 Å². The quantitative estimate of drug-likeness (QED) is 0.253. The van der Waals surface area contributed by atoms with Crippen molar-refractivity contribution in [2.24, 2.45) is 0 Å². The fourth-order valence-electron chi connectivity index (χ4n) is 3.43. The maximum Gasteiger partial charge on any atom is 0.328 e. The van der Waals surface area contributed by atoms with E-state index in [1.54, 1.807) is 19.3 Å². The summed E-state index contributed by atoms with van der Waals surface area (Å²) in [6.07, 6.45) is 5.66. The van der Waals surface area contributed by atoms with Crippen LogP contribution in [0.4, 0.5) is 0 Å². The summed E-state index contributed by atoms with van der Waals surface area (Å²) in [6, 6.07) is 9.20. The number of hydrogen-bond donors (Lipinski definition) is 2. The van der Waals surface area contributed by atoms with Gasteiger partial charge in [0, 0.05) is 11.6 Å². The first-order chi connectivity index (χ1) is 18.6. The number of allylic oxidation sites excluding steroid dienone is 1. The Bertz CT molecular complexity index is 1340. The zero-order chi connectivity index (χ0) is 28.9. The number of ether oxygens (including phenoxy) is 4. The second kappa shape index (κ2) is 14.8. The molecule has 11 nitrogen and oxygen atoms in total. The van der Waals surface area contributed by atoms with E-state index in [9.17, 15) is 19.5 Å². The summed E-state index contributed by atoms with van der Waals surface area (Å²) in [5.41, 5.74) is 1.54. The van der Waals surface area contributed by atoms with Crippen LogP contribution < -0.4 is 29.0 Å². The molecule has 0 spiro atoms. The highest BCUT2D eigenvalue weighted by molar-refractivity contribution is 6.15. The van der Waals surface area contributed by atoms with Gasteiger partial charge in [-0.1, -0.05) is 18.2 Å². The van der Waals surface area contributed by atoms with E-state index >= 15 is 0 Å². The number of likely N-dealkylation sites (N-methyl/N-ethyl adjacent to an activating group) is 1. The average Bonchev–Trinajstić information content (AvgIpc) is 3.39. The Balaban J connectivity index is 0.000000580. The number of nitrogens with one attached hydrogen (secondary N) is 1. The number of ketones is 1. The van der Waals surface area contributed by atoms with Crippen LogP contribution in [-0.4, -0.2) is 71.4 Å². The Kier molecular flexibility index (Phi) is 11.6. The van der Waals surface area contributed by atoms with Crippen LogP contribution in [0.25, 0.3) is 17.0 Å². The molecule has 1 heterocycles. The van der Waals surface area contributed by atoms with Crippen molar-refractivity contribution < 1.29 is 52.9 Å². The maximum atomic E-state index is 13.4. The minimum Gasteiger partial charge on any atom is -0.545 e. The fourth-order valence-corrected chi connectivity index (χ4v) is 3.43. The van der Waals surface area contributed by atoms with Crippen molar-refractivity contribution in [2.45, 2.75) is 0 Å². The van der Waals surface area contributed by atoms with Gasteiger partial charge in [0.2, 0.25) is 5.75 Å². The number of fused-ring (bicyclic) bond motifs is 1. The van der Waals surface area contributed by atoms with Crippen molar-refractivity contribution in [1.82, 2.24) is 0 Å². The Morgan fingerprint density at radius 1 is 0.949 bits per heavy atom. The summed E-state index contributed by atoms with van der Waals surface area (Å²) in [5.74, 6) is -1.36. The molecule has 2 N–H and O–H groups in total. The van der Waals surface area contributed by atoms with Crippen LogP contribution in [0.1, 0.15) is 15.9 Å². The van der Waals surface area contributed by atoms with Gasteiger partial charge in [0.05, 0.1) is 53.0 Å². The normalized spacial score (nSPS) is 10.9. The molecule has 3 aromatic rings. The molecule has 0 atom stereocenters. The van der Waals surface area contributed by atoms with E-state index in [0.717, 1.165) is 12.1 Å². The molecule has 208 valence electrons. The summed E-state index contributed by atoms with van der Waals surface area (Å²) in [6.45, 7) is 1.14. The van der Waals surface area contributed by atoms with Crippen LogP contribution in [-0.2, 0) is 9.59 Å². The minimum absolute atomic E-state index is 0.281. The van der Waals surface area contributed by atoms with Crippen LogP contribution in [0.3, 0.4) is 0 Å². The number of carbonyl (C=O) groups excluding carboxylic acids is 2. The molecule has 0 bridgehead atoms. The molecule has 0 unspecified atom stereocenters. The lowest BCUT2D eigenvalue weighted by molar-refractivity contribution is -0.858. The zero-order valence-corrected chi connectivity index (χ0v) is 22.3. The number of rotatable bonds is 12. The van der Waals surface area contributed by atoms with Crippen molar-refractivity contribution in [2.75, 3.05) is 48.6 Å². The van der Waals surface area contributed by atoms with Crippen molar-refractivity contribution in [1.29, 1.82) is 0 Å². The number of methoxy groups -OCH3 is 3. The minimum atomic E-state index is -1.51. The second-order valence-corrected chi connectivity index (χ2v) is 8.17. The summed E-state index contributed by atoms with van der Waals surface area (Å²) < 4.78 is 28.2. The number of carboxylic acids is 2. The number of hydrogen-bond acceptors (Lipinski definition) is 9. The van der Waals surface area contributed by atoms with E-state index in [1.807, 2.05) is 38.4 Å². The third kappa shape index (κ3) is 8.37. The number of carboxylic acid groups (broad SMARTS) is 2. The van der Waals surface area contributed by atoms with Crippen LogP contribution in [0, 0.1) is 0 Å². The van der Waals surface area contributed by atoms with Gasteiger partial charge in [0.25, 0.3) is 0 Å². The molecule has 0 aliphatic rings. The topological polar surface area (TPSA) is 149 Å². The molecule has 0 saturated carbocycles. The zero-order valence-electron chi connectivity index (χ0n) is 22.3. The molecule has 0 fully saturated rings. The summed E-state index contributed by atoms with van der Waals surface area (Å²) in [5, 5.41) is 17.9. The number of furan rings is 1. The lowest BCUT2D eigenvalue weighted by Crippen LogP contribution is -3.06. The van der Waals surface area contributed by atoms with E-state index in [-0.39, 0.29) is 11.3 Å². The van der Waals surface area contributed by atoms with Gasteiger partial charge in [-0.15, -0.1) is 0 Å².